The van der Waals surface area contributed by atoms with Gasteiger partial charge in [0.15, 0.2) is 6.61 Å². The summed E-state index contributed by atoms with van der Waals surface area (Å²) in [5.74, 6) is -0.179. The van der Waals surface area contributed by atoms with Crippen LogP contribution >= 0.6 is 0 Å². The molecule has 0 saturated heterocycles. The van der Waals surface area contributed by atoms with Crippen molar-refractivity contribution >= 4 is 11.9 Å². The smallest absolute Gasteiger partial charge is 0.349 e. The standard InChI is InChI=1S/C23H20O5/c24-22(17-27-20-11-5-2-6-12-20)28-21-13-7-10-19(16-21)23(25)26-15-14-18-8-3-1-4-9-18/h1-13,16H,14-15,17H2. The average molecular weight is 376 g/mol. The Kier molecular flexibility index (Phi) is 6.79. The maximum atomic E-state index is 12.2. The highest BCUT2D eigenvalue weighted by atomic mass is 16.6. The molecule has 0 heterocycles. The summed E-state index contributed by atoms with van der Waals surface area (Å²) in [4.78, 5) is 24.1. The fourth-order valence-electron chi connectivity index (χ4n) is 2.50. The third-order valence-corrected chi connectivity index (χ3v) is 3.87. The molecule has 0 aromatic heterocycles. The molecule has 0 aliphatic carbocycles. The molecule has 0 spiro atoms. The lowest BCUT2D eigenvalue weighted by atomic mass is 10.2. The molecule has 0 unspecified atom stereocenters. The maximum absolute atomic E-state index is 12.2. The van der Waals surface area contributed by atoms with Gasteiger partial charge in [0.05, 0.1) is 12.2 Å². The minimum Gasteiger partial charge on any atom is -0.482 e. The molecule has 5 nitrogen and oxygen atoms in total. The second-order valence-corrected chi connectivity index (χ2v) is 5.98. The van der Waals surface area contributed by atoms with Gasteiger partial charge >= 0.3 is 11.9 Å². The van der Waals surface area contributed by atoms with Crippen molar-refractivity contribution in [2.45, 2.75) is 6.42 Å². The topological polar surface area (TPSA) is 61.8 Å². The minimum atomic E-state index is -0.557. The van der Waals surface area contributed by atoms with E-state index in [1.165, 1.54) is 6.07 Å². The molecule has 3 aromatic carbocycles. The monoisotopic (exact) mass is 376 g/mol. The molecule has 3 rings (SSSR count). The maximum Gasteiger partial charge on any atom is 0.349 e. The Bertz CT molecular complexity index is 907. The summed E-state index contributed by atoms with van der Waals surface area (Å²) in [5, 5.41) is 0. The van der Waals surface area contributed by atoms with Crippen LogP contribution in [-0.4, -0.2) is 25.2 Å². The average Bonchev–Trinajstić information content (AvgIpc) is 2.74. The van der Waals surface area contributed by atoms with E-state index in [1.807, 2.05) is 48.5 Å². The Morgan fingerprint density at radius 1 is 0.750 bits per heavy atom. The van der Waals surface area contributed by atoms with E-state index >= 15 is 0 Å². The molecule has 3 aromatic rings. The van der Waals surface area contributed by atoms with Crippen LogP contribution in [0, 0.1) is 0 Å². The van der Waals surface area contributed by atoms with Crippen LogP contribution in [0.3, 0.4) is 0 Å². The van der Waals surface area contributed by atoms with E-state index in [4.69, 9.17) is 14.2 Å². The number of carbonyl (C=O) groups is 2. The van der Waals surface area contributed by atoms with Gasteiger partial charge in [-0.25, -0.2) is 9.59 Å². The minimum absolute atomic E-state index is 0.226. The van der Waals surface area contributed by atoms with Gasteiger partial charge in [0.25, 0.3) is 0 Å². The summed E-state index contributed by atoms with van der Waals surface area (Å²) in [5.41, 5.74) is 1.42. The molecule has 0 N–H and O–H groups in total. The van der Waals surface area contributed by atoms with Crippen molar-refractivity contribution in [1.29, 1.82) is 0 Å². The fraction of sp³-hybridized carbons (Fsp3) is 0.130. The van der Waals surface area contributed by atoms with Crippen molar-refractivity contribution in [2.24, 2.45) is 0 Å². The Labute approximate surface area is 163 Å². The van der Waals surface area contributed by atoms with Crippen molar-refractivity contribution in [1.82, 2.24) is 0 Å². The van der Waals surface area contributed by atoms with E-state index in [-0.39, 0.29) is 19.0 Å². The predicted octanol–water partition coefficient (Wildman–Crippen LogP) is 4.07. The molecule has 0 aliphatic heterocycles. The number of hydrogen-bond acceptors (Lipinski definition) is 5. The normalized spacial score (nSPS) is 10.1. The Hall–Kier alpha value is -3.60. The van der Waals surface area contributed by atoms with Crippen LogP contribution < -0.4 is 9.47 Å². The highest BCUT2D eigenvalue weighted by Crippen LogP contribution is 2.15. The van der Waals surface area contributed by atoms with Gasteiger partial charge in [-0.15, -0.1) is 0 Å². The number of rotatable bonds is 8. The zero-order valence-electron chi connectivity index (χ0n) is 15.2. The molecule has 0 bridgehead atoms. The van der Waals surface area contributed by atoms with Crippen molar-refractivity contribution < 1.29 is 23.8 Å². The lowest BCUT2D eigenvalue weighted by Crippen LogP contribution is -2.18. The summed E-state index contributed by atoms with van der Waals surface area (Å²) in [7, 11) is 0. The molecule has 0 radical (unpaired) electrons. The molecule has 0 atom stereocenters. The van der Waals surface area contributed by atoms with Crippen LogP contribution in [0.5, 0.6) is 11.5 Å². The van der Waals surface area contributed by atoms with E-state index in [2.05, 4.69) is 0 Å². The number of hydrogen-bond donors (Lipinski definition) is 0. The summed E-state index contributed by atoms with van der Waals surface area (Å²) in [6.45, 7) is 0.0491. The Morgan fingerprint density at radius 3 is 2.18 bits per heavy atom. The van der Waals surface area contributed by atoms with Gasteiger partial charge in [0, 0.05) is 6.42 Å². The van der Waals surface area contributed by atoms with E-state index < -0.39 is 11.9 Å². The SMILES string of the molecule is O=C(COc1ccccc1)Oc1cccc(C(=O)OCCc2ccccc2)c1. The molecule has 5 heteroatoms. The van der Waals surface area contributed by atoms with Crippen LogP contribution in [-0.2, 0) is 16.0 Å². The van der Waals surface area contributed by atoms with Crippen LogP contribution in [0.1, 0.15) is 15.9 Å². The van der Waals surface area contributed by atoms with Gasteiger partial charge in [-0.05, 0) is 35.9 Å². The largest absolute Gasteiger partial charge is 0.482 e. The zero-order valence-corrected chi connectivity index (χ0v) is 15.2. The van der Waals surface area contributed by atoms with Crippen molar-refractivity contribution in [2.75, 3.05) is 13.2 Å². The second kappa shape index (κ2) is 9.92. The van der Waals surface area contributed by atoms with E-state index in [1.54, 1.807) is 30.3 Å². The van der Waals surface area contributed by atoms with Gasteiger partial charge in [0.1, 0.15) is 11.5 Å². The number of esters is 2. The number of carbonyl (C=O) groups excluding carboxylic acids is 2. The van der Waals surface area contributed by atoms with Crippen LogP contribution in [0.15, 0.2) is 84.9 Å². The van der Waals surface area contributed by atoms with Crippen molar-refractivity contribution in [3.05, 3.63) is 96.1 Å². The summed E-state index contributed by atoms with van der Waals surface area (Å²) < 4.78 is 15.9. The van der Waals surface area contributed by atoms with Crippen molar-refractivity contribution in [3.63, 3.8) is 0 Å². The molecule has 142 valence electrons. The Morgan fingerprint density at radius 2 is 1.43 bits per heavy atom. The predicted molar refractivity (Wildman–Crippen MR) is 104 cm³/mol. The van der Waals surface area contributed by atoms with Gasteiger partial charge in [-0.1, -0.05) is 54.6 Å². The van der Waals surface area contributed by atoms with Gasteiger partial charge in [-0.3, -0.25) is 0 Å². The third kappa shape index (κ3) is 5.99. The first-order valence-corrected chi connectivity index (χ1v) is 8.90. The third-order valence-electron chi connectivity index (χ3n) is 3.87. The van der Waals surface area contributed by atoms with Gasteiger partial charge < -0.3 is 14.2 Å². The molecule has 28 heavy (non-hydrogen) atoms. The van der Waals surface area contributed by atoms with Crippen LogP contribution in [0.4, 0.5) is 0 Å². The quantitative estimate of drug-likeness (QED) is 0.438. The highest BCUT2D eigenvalue weighted by Gasteiger charge is 2.11. The van der Waals surface area contributed by atoms with Gasteiger partial charge in [-0.2, -0.15) is 0 Å². The number of benzene rings is 3. The van der Waals surface area contributed by atoms with Crippen molar-refractivity contribution in [3.8, 4) is 11.5 Å². The fourth-order valence-corrected chi connectivity index (χ4v) is 2.50. The lowest BCUT2D eigenvalue weighted by Gasteiger charge is -2.08. The summed E-state index contributed by atoms with van der Waals surface area (Å²) in [6.07, 6.45) is 0.637. The first-order valence-electron chi connectivity index (χ1n) is 8.90. The van der Waals surface area contributed by atoms with E-state index in [0.29, 0.717) is 17.7 Å². The van der Waals surface area contributed by atoms with Crippen LogP contribution in [0.2, 0.25) is 0 Å². The molecule has 0 aliphatic rings. The number of para-hydroxylation sites is 1. The molecule has 0 saturated carbocycles. The first-order chi connectivity index (χ1) is 13.7. The zero-order chi connectivity index (χ0) is 19.6. The number of ether oxygens (including phenoxy) is 3. The molecule has 0 amide bonds. The second-order valence-electron chi connectivity index (χ2n) is 5.98. The summed E-state index contributed by atoms with van der Waals surface area (Å²) >= 11 is 0. The Balaban J connectivity index is 1.48. The summed E-state index contributed by atoms with van der Waals surface area (Å²) in [6, 6.07) is 25.1. The van der Waals surface area contributed by atoms with Gasteiger partial charge in [0.2, 0.25) is 0 Å². The first kappa shape index (κ1) is 19.2. The van der Waals surface area contributed by atoms with Crippen LogP contribution in [0.25, 0.3) is 0 Å². The van der Waals surface area contributed by atoms with E-state index in [0.717, 1.165) is 5.56 Å². The highest BCUT2D eigenvalue weighted by molar-refractivity contribution is 5.90. The van der Waals surface area contributed by atoms with E-state index in [9.17, 15) is 9.59 Å². The molecular weight excluding hydrogens is 356 g/mol. The molecular formula is C23H20O5. The molecule has 0 fully saturated rings. The lowest BCUT2D eigenvalue weighted by molar-refractivity contribution is -0.136.